The molecule has 0 saturated carbocycles. The Bertz CT molecular complexity index is 278. The molecule has 0 unspecified atom stereocenters. The number of hydrogen-bond donors (Lipinski definition) is 5. The molecule has 0 saturated heterocycles. The summed E-state index contributed by atoms with van der Waals surface area (Å²) in [6.45, 7) is 8.27. The Balaban J connectivity index is -0.000000244. The summed E-state index contributed by atoms with van der Waals surface area (Å²) >= 11 is 0. The Morgan fingerprint density at radius 3 is 1.25 bits per heavy atom. The molecule has 0 radical (unpaired) electrons. The van der Waals surface area contributed by atoms with Crippen LogP contribution in [0.15, 0.2) is 25.7 Å². The highest BCUT2D eigenvalue weighted by Gasteiger charge is 2.00. The van der Waals surface area contributed by atoms with Gasteiger partial charge in [0.1, 0.15) is 0 Å². The molecular weight excluding hydrogens is 294 g/mol. The van der Waals surface area contributed by atoms with Gasteiger partial charge in [-0.25, -0.2) is 0 Å². The predicted molar refractivity (Wildman–Crippen MR) is 73.4 cm³/mol. The first-order chi connectivity index (χ1) is 9.26. The van der Waals surface area contributed by atoms with Crippen LogP contribution in [0.5, 0.6) is 0 Å². The number of hydrogen-bond acceptors (Lipinski definition) is 7. The first-order valence-electron chi connectivity index (χ1n) is 5.38. The molecular formula is C10H23NO8S. The van der Waals surface area contributed by atoms with Crippen LogP contribution in [0.25, 0.3) is 0 Å². The summed E-state index contributed by atoms with van der Waals surface area (Å²) in [6.07, 6.45) is 2.62. The van der Waals surface area contributed by atoms with E-state index in [9.17, 15) is 0 Å². The zero-order chi connectivity index (χ0) is 16.4. The summed E-state index contributed by atoms with van der Waals surface area (Å²) in [6, 6.07) is 0. The van der Waals surface area contributed by atoms with Crippen molar-refractivity contribution in [1.82, 2.24) is 4.90 Å². The molecule has 0 bridgehead atoms. The molecule has 0 aliphatic carbocycles. The number of rotatable bonds is 8. The quantitative estimate of drug-likeness (QED) is 0.278. The van der Waals surface area contributed by atoms with Crippen LogP contribution in [-0.4, -0.2) is 77.2 Å². The van der Waals surface area contributed by atoms with Crippen LogP contribution in [0.4, 0.5) is 0 Å². The van der Waals surface area contributed by atoms with Crippen LogP contribution in [0.2, 0.25) is 0 Å². The second-order valence-corrected chi connectivity index (χ2v) is 3.83. The third-order valence-corrected chi connectivity index (χ3v) is 1.44. The highest BCUT2D eigenvalue weighted by Crippen LogP contribution is 1.84. The standard InChI is InChI=1S/C6H15NO3.C4H6O.H2O4S/c8-4-1-7(2-5-9)3-6-10;1-3-5-4-2;1-5(2,3)4/h8-10H,1-6H2;3-4H,1-2H2;(H2,1,2,3,4). The zero-order valence-corrected chi connectivity index (χ0v) is 11.9. The summed E-state index contributed by atoms with van der Waals surface area (Å²) in [7, 11) is -4.67. The molecule has 20 heavy (non-hydrogen) atoms. The SMILES string of the molecule is C=COC=C.O=S(=O)(O)O.OCCN(CCO)CCO. The van der Waals surface area contributed by atoms with E-state index in [1.165, 1.54) is 12.5 Å². The van der Waals surface area contributed by atoms with Crippen molar-refractivity contribution in [3.05, 3.63) is 25.7 Å². The van der Waals surface area contributed by atoms with Gasteiger partial charge in [0.15, 0.2) is 0 Å². The molecule has 9 nitrogen and oxygen atoms in total. The van der Waals surface area contributed by atoms with E-state index >= 15 is 0 Å². The Kier molecular flexibility index (Phi) is 21.6. The van der Waals surface area contributed by atoms with E-state index in [1.54, 1.807) is 4.90 Å². The third kappa shape index (κ3) is 43.5. The molecule has 0 fully saturated rings. The fourth-order valence-corrected chi connectivity index (χ4v) is 0.828. The lowest BCUT2D eigenvalue weighted by Crippen LogP contribution is -2.32. The average Bonchev–Trinajstić information content (AvgIpc) is 2.30. The number of aliphatic hydroxyl groups excluding tert-OH is 3. The van der Waals surface area contributed by atoms with Gasteiger partial charge in [-0.3, -0.25) is 14.0 Å². The minimum absolute atomic E-state index is 0.0694. The molecule has 0 amide bonds. The monoisotopic (exact) mass is 317 g/mol. The van der Waals surface area contributed by atoms with Gasteiger partial charge in [0.05, 0.1) is 32.3 Å². The van der Waals surface area contributed by atoms with Gasteiger partial charge in [-0.15, -0.1) is 0 Å². The summed E-state index contributed by atoms with van der Waals surface area (Å²) in [5.74, 6) is 0. The molecule has 5 N–H and O–H groups in total. The first-order valence-corrected chi connectivity index (χ1v) is 6.78. The van der Waals surface area contributed by atoms with E-state index in [2.05, 4.69) is 17.9 Å². The maximum Gasteiger partial charge on any atom is 0.394 e. The van der Waals surface area contributed by atoms with E-state index in [-0.39, 0.29) is 19.8 Å². The summed E-state index contributed by atoms with van der Waals surface area (Å²) in [5.41, 5.74) is 0. The molecule has 0 aromatic carbocycles. The van der Waals surface area contributed by atoms with E-state index in [4.69, 9.17) is 32.8 Å². The van der Waals surface area contributed by atoms with Gasteiger partial charge < -0.3 is 20.1 Å². The normalized spacial score (nSPS) is 9.70. The molecule has 0 aliphatic heterocycles. The van der Waals surface area contributed by atoms with Crippen molar-refractivity contribution < 1.29 is 37.6 Å². The highest BCUT2D eigenvalue weighted by molar-refractivity contribution is 7.79. The van der Waals surface area contributed by atoms with Crippen molar-refractivity contribution in [2.45, 2.75) is 0 Å². The second-order valence-electron chi connectivity index (χ2n) is 2.93. The Morgan fingerprint density at radius 2 is 1.15 bits per heavy atom. The van der Waals surface area contributed by atoms with Crippen LogP contribution >= 0.6 is 0 Å². The molecule has 122 valence electrons. The first kappa shape index (κ1) is 24.0. The average molecular weight is 317 g/mol. The highest BCUT2D eigenvalue weighted by atomic mass is 32.3. The minimum Gasteiger partial charge on any atom is -0.474 e. The van der Waals surface area contributed by atoms with E-state index in [0.717, 1.165) is 0 Å². The van der Waals surface area contributed by atoms with Gasteiger partial charge in [0.25, 0.3) is 0 Å². The van der Waals surface area contributed by atoms with Crippen molar-refractivity contribution >= 4 is 10.4 Å². The van der Waals surface area contributed by atoms with Gasteiger partial charge in [-0.05, 0) is 0 Å². The van der Waals surface area contributed by atoms with Gasteiger partial charge in [-0.2, -0.15) is 8.42 Å². The lowest BCUT2D eigenvalue weighted by molar-refractivity contribution is 0.136. The minimum atomic E-state index is -4.67. The number of aliphatic hydroxyl groups is 3. The van der Waals surface area contributed by atoms with Crippen LogP contribution in [0.3, 0.4) is 0 Å². The largest absolute Gasteiger partial charge is 0.474 e. The summed E-state index contributed by atoms with van der Waals surface area (Å²) in [4.78, 5) is 1.79. The fourth-order valence-electron chi connectivity index (χ4n) is 0.828. The van der Waals surface area contributed by atoms with Gasteiger partial charge in [0, 0.05) is 19.6 Å². The fraction of sp³-hybridized carbons (Fsp3) is 0.600. The number of nitrogens with zero attached hydrogens (tertiary/aromatic N) is 1. The van der Waals surface area contributed by atoms with Gasteiger partial charge >= 0.3 is 10.4 Å². The smallest absolute Gasteiger partial charge is 0.394 e. The summed E-state index contributed by atoms with van der Waals surface area (Å²) in [5, 5.41) is 25.5. The predicted octanol–water partition coefficient (Wildman–Crippen LogP) is -1.10. The van der Waals surface area contributed by atoms with Crippen molar-refractivity contribution in [2.75, 3.05) is 39.5 Å². The van der Waals surface area contributed by atoms with Crippen molar-refractivity contribution in [1.29, 1.82) is 0 Å². The topological polar surface area (TPSA) is 148 Å². The molecule has 10 heteroatoms. The van der Waals surface area contributed by atoms with E-state index in [1.807, 2.05) is 0 Å². The molecule has 0 aromatic rings. The van der Waals surface area contributed by atoms with Gasteiger partial charge in [-0.1, -0.05) is 13.2 Å². The third-order valence-electron chi connectivity index (χ3n) is 1.44. The maximum absolute atomic E-state index is 8.74. The van der Waals surface area contributed by atoms with Crippen LogP contribution < -0.4 is 0 Å². The molecule has 0 atom stereocenters. The molecule has 0 rings (SSSR count). The Morgan fingerprint density at radius 1 is 0.900 bits per heavy atom. The van der Waals surface area contributed by atoms with Crippen LogP contribution in [-0.2, 0) is 15.1 Å². The molecule has 0 heterocycles. The Hall–Kier alpha value is -1.01. The van der Waals surface area contributed by atoms with Crippen LogP contribution in [0, 0.1) is 0 Å². The lowest BCUT2D eigenvalue weighted by atomic mass is 10.4. The molecule has 0 aromatic heterocycles. The van der Waals surface area contributed by atoms with E-state index < -0.39 is 10.4 Å². The molecule has 0 aliphatic rings. The van der Waals surface area contributed by atoms with Gasteiger partial charge in [0.2, 0.25) is 0 Å². The second kappa shape index (κ2) is 18.0. The summed E-state index contributed by atoms with van der Waals surface area (Å²) < 4.78 is 35.9. The lowest BCUT2D eigenvalue weighted by Gasteiger charge is -2.17. The Labute approximate surface area is 119 Å². The van der Waals surface area contributed by atoms with Crippen LogP contribution in [0.1, 0.15) is 0 Å². The number of ether oxygens (including phenoxy) is 1. The van der Waals surface area contributed by atoms with E-state index in [0.29, 0.717) is 19.6 Å². The zero-order valence-electron chi connectivity index (χ0n) is 11.1. The maximum atomic E-state index is 8.74. The molecule has 0 spiro atoms. The van der Waals surface area contributed by atoms with Crippen molar-refractivity contribution in [3.63, 3.8) is 0 Å². The van der Waals surface area contributed by atoms with Crippen molar-refractivity contribution in [2.24, 2.45) is 0 Å². The van der Waals surface area contributed by atoms with Crippen molar-refractivity contribution in [3.8, 4) is 0 Å².